The van der Waals surface area contributed by atoms with Crippen LogP contribution in [-0.4, -0.2) is 304 Å². The molecule has 29 nitrogen and oxygen atoms in total. The van der Waals surface area contributed by atoms with Gasteiger partial charge in [-0.15, -0.1) is 0 Å². The average Bonchev–Trinajstić information content (AvgIpc) is 1.32. The third kappa shape index (κ3) is 25.3. The molecule has 9 aliphatic heterocycles. The third-order valence-corrected chi connectivity index (χ3v) is 28.5. The van der Waals surface area contributed by atoms with Crippen LogP contribution in [0.15, 0.2) is 145 Å². The lowest BCUT2D eigenvalue weighted by atomic mass is 9.99. The van der Waals surface area contributed by atoms with Gasteiger partial charge in [0.1, 0.15) is 61.0 Å². The maximum atomic E-state index is 14.9. The quantitative estimate of drug-likeness (QED) is 0.0250. The van der Waals surface area contributed by atoms with Crippen LogP contribution in [0.2, 0.25) is 10.0 Å². The highest BCUT2D eigenvalue weighted by Crippen LogP contribution is 2.43. The number of nitriles is 1. The lowest BCUT2D eigenvalue weighted by Crippen LogP contribution is -2.57. The predicted octanol–water partition coefficient (Wildman–Crippen LogP) is 15.1. The highest BCUT2D eigenvalue weighted by molar-refractivity contribution is 7.59. The molecule has 6 saturated heterocycles. The molecule has 12 heterocycles. The molecule has 756 valence electrons. The molecule has 6 aromatic carbocycles. The van der Waals surface area contributed by atoms with Crippen molar-refractivity contribution in [3.05, 3.63) is 229 Å². The maximum absolute atomic E-state index is 14.9. The van der Waals surface area contributed by atoms with E-state index in [0.717, 1.165) is 161 Å². The number of aryl methyl sites for hydroxylation is 1. The first-order valence-electron chi connectivity index (χ1n) is 47.0. The fourth-order valence-corrected chi connectivity index (χ4v) is 21.0. The van der Waals surface area contributed by atoms with Gasteiger partial charge >= 0.3 is 24.2 Å². The number of rotatable bonds is 23. The number of allylic oxidation sites excluding steroid dienone is 1. The lowest BCUT2D eigenvalue weighted by Gasteiger charge is -2.41. The van der Waals surface area contributed by atoms with Crippen LogP contribution < -0.4 is 43.6 Å². The summed E-state index contributed by atoms with van der Waals surface area (Å²) in [7, 11) is 9.95. The van der Waals surface area contributed by atoms with Crippen molar-refractivity contribution in [1.82, 2.24) is 64.2 Å². The van der Waals surface area contributed by atoms with Crippen molar-refractivity contribution in [2.24, 2.45) is 0 Å². The summed E-state index contributed by atoms with van der Waals surface area (Å²) in [5.74, 6) is -0.650. The van der Waals surface area contributed by atoms with E-state index < -0.39 is 41.5 Å². The van der Waals surface area contributed by atoms with Crippen LogP contribution in [0, 0.1) is 38.0 Å². The van der Waals surface area contributed by atoms with Crippen LogP contribution in [0.4, 0.5) is 52.1 Å². The van der Waals surface area contributed by atoms with Crippen LogP contribution in [0.1, 0.15) is 85.3 Å². The summed E-state index contributed by atoms with van der Waals surface area (Å²) in [6.45, 7) is 39.6. The van der Waals surface area contributed by atoms with Gasteiger partial charge in [-0.1, -0.05) is 116 Å². The second kappa shape index (κ2) is 50.3. The summed E-state index contributed by atoms with van der Waals surface area (Å²) in [4.78, 5) is 105. The Hall–Kier alpha value is -11.3. The van der Waals surface area contributed by atoms with Crippen molar-refractivity contribution >= 4 is 162 Å². The van der Waals surface area contributed by atoms with E-state index in [0.29, 0.717) is 138 Å². The van der Waals surface area contributed by atoms with E-state index >= 15 is 0 Å². The van der Waals surface area contributed by atoms with E-state index in [1.807, 2.05) is 67.5 Å². The molecule has 0 unspecified atom stereocenters. The van der Waals surface area contributed by atoms with Crippen LogP contribution in [0.25, 0.3) is 46.9 Å². The van der Waals surface area contributed by atoms with Crippen molar-refractivity contribution in [3.63, 3.8) is 0 Å². The average molecular weight is 2060 g/mol. The Kier molecular flexibility index (Phi) is 39.3. The van der Waals surface area contributed by atoms with Crippen LogP contribution >= 0.6 is 77.2 Å². The number of hydrogen-bond donors (Lipinski definition) is 0. The summed E-state index contributed by atoms with van der Waals surface area (Å²) in [5.41, 5.74) is 8.78. The molecule has 142 heavy (non-hydrogen) atoms. The van der Waals surface area contributed by atoms with Gasteiger partial charge in [-0.05, 0) is 178 Å². The predicted molar refractivity (Wildman–Crippen MR) is 574 cm³/mol. The van der Waals surface area contributed by atoms with Gasteiger partial charge in [0.05, 0.1) is 52.8 Å². The van der Waals surface area contributed by atoms with Gasteiger partial charge in [-0.25, -0.2) is 24.1 Å². The smallest absolute Gasteiger partial charge is 0.421 e. The van der Waals surface area contributed by atoms with Crippen LogP contribution in [0.5, 0.6) is 18.0 Å². The van der Waals surface area contributed by atoms with E-state index in [2.05, 4.69) is 155 Å². The van der Waals surface area contributed by atoms with Crippen molar-refractivity contribution in [1.29, 1.82) is 5.26 Å². The zero-order valence-electron chi connectivity index (χ0n) is 80.3. The molecule has 6 atom stereocenters. The van der Waals surface area contributed by atoms with Gasteiger partial charge in [-0.2, -0.15) is 102 Å². The van der Waals surface area contributed by atoms with E-state index in [1.54, 1.807) is 9.80 Å². The molecule has 0 bridgehead atoms. The van der Waals surface area contributed by atoms with Crippen molar-refractivity contribution in [2.75, 3.05) is 209 Å². The Bertz CT molecular complexity index is 6230. The lowest BCUT2D eigenvalue weighted by molar-refractivity contribution is -0.141. The number of fused-ring (bicyclic) bond motifs is 6. The molecular weight excluding hydrogens is 1930 g/mol. The van der Waals surface area contributed by atoms with Crippen LogP contribution in [-0.2, 0) is 53.3 Å². The molecule has 0 N–H and O–H groups in total. The van der Waals surface area contributed by atoms with E-state index in [1.165, 1.54) is 45.2 Å². The van der Waals surface area contributed by atoms with Gasteiger partial charge in [0, 0.05) is 165 Å². The molecule has 9 aromatic rings. The topological polar surface area (TPSA) is 235 Å². The first-order valence-corrected chi connectivity index (χ1v) is 47.8. The van der Waals surface area contributed by atoms with Crippen molar-refractivity contribution in [2.45, 2.75) is 134 Å². The molecule has 6 fully saturated rings. The van der Waals surface area contributed by atoms with Crippen LogP contribution in [0.3, 0.4) is 0 Å². The molecule has 3 aromatic heterocycles. The highest BCUT2D eigenvalue weighted by Gasteiger charge is 2.45. The Labute approximate surface area is 867 Å². The minimum Gasteiger partial charge on any atom is -0.462 e. The fourth-order valence-electron chi connectivity index (χ4n) is 20.4. The summed E-state index contributed by atoms with van der Waals surface area (Å²) in [6, 6.07) is 39.2. The Morgan fingerprint density at radius 1 is 0.493 bits per heavy atom. The Morgan fingerprint density at radius 2 is 0.838 bits per heavy atom. The highest BCUT2D eigenvalue weighted by atomic mass is 35.5. The first kappa shape index (κ1) is 111. The molecule has 0 saturated carbocycles. The number of hydrogen-bond acceptors (Lipinski definition) is 23. The van der Waals surface area contributed by atoms with Crippen molar-refractivity contribution in [3.8, 4) is 24.1 Å². The van der Waals surface area contributed by atoms with Gasteiger partial charge in [0.2, 0.25) is 25.5 Å². The second-order valence-corrected chi connectivity index (χ2v) is 37.6. The maximum Gasteiger partial charge on any atom is 0.421 e. The zero-order chi connectivity index (χ0) is 96.3. The Balaban J connectivity index is 0.000000200. The number of halogens is 6. The number of likely N-dealkylation sites (N-methyl/N-ethyl adjacent to an activating group) is 4. The molecule has 18 rings (SSSR count). The molecule has 0 aliphatic carbocycles. The minimum atomic E-state index is -4.84. The standard InChI is InChI=1S/C35H42ClFN8O2.C34H38N8O2.C33H35ClF3N7O2.CH4.4H2S/c1-38-20-26-21-44(18-19-45(26)34(46)29(37)14-16-41(2)3)33-27-13-17-43(31-12-6-9-24-8-5-11-28(36)32(24)31)22-30(27)39-35(40-33)47-23-25-10-7-15-42(25)4;1-24-8-4-9-25-10-5-12-30(32(24)25)40-17-14-28-29(22-40)37-34(44-23-26-11-7-16-39(26)3)38-33(28)41-18-19-42(27(21-41)20-36-2)31(43)13-6-15-35;1-21(33(35,36)37)31(45)44-16-15-43(18-24(44)17-38-2)30-25-12-14-42(28-11-5-8-22-7-4-10-26(34)29(22)28)19-27(25)39-32(40-30)46-20-23-9-6-13-41(23)3;;;;;/h5-6,8-9,11-12,14,25-26H,7,10,13,15-23H2,2-4H3;4-6,8-10,12-13,26-27H,7,11,14,16-23H2,1,3H3;4-5,7-8,10-11,23-24H,1,6,9,12-20H2,3H3;1H4;4*1H2/b29-14+;13-6-;;;;;;/t25-,26-;26-,27-;23-,24-;;;;;/m000...../s1. The molecule has 39 heteroatoms. The monoisotopic (exact) mass is 2060 g/mol. The number of ether oxygens (including phenoxy) is 3. The molecule has 9 aliphatic rings. The SMILES string of the molecule is C.S.S.S.S.[C-]#[N+]C[C@H]1CN(c2nc(OC[C@@H]3CCCN3C)nc3c2CCN(c2cccc4cccc(C)c24)C3)CCN1C(=O)/C=C\C#N.[C-]#[N+]C[C@H]1CN(c2nc(OC[C@@H]3CCCN3C)nc3c2CCN(c2cccc4cccc(Cl)c24)C3)CCN1C(=O)/C(F)=C\CN(C)C.[C-]#[N+]C[C@H]1CN(c2nc(OC[C@@H]3CCCN3C)nc3c2CCN(c2cccc4cccc(Cl)c24)C3)CCN1C(=O)C(=C)C(F)(F)F. The first-order chi connectivity index (χ1) is 66.2. The van der Waals surface area contributed by atoms with Gasteiger partial charge in [0.15, 0.2) is 5.83 Å². The number of carbonyl (C=O) groups excluding carboxylic acids is 3. The number of amides is 3. The minimum absolute atomic E-state index is 0. The number of carbonyl (C=O) groups is 3. The largest absolute Gasteiger partial charge is 0.462 e. The fraction of sp³-hybridized carbons (Fsp3) is 0.466. The molecule has 3 amide bonds. The summed E-state index contributed by atoms with van der Waals surface area (Å²) in [6.07, 6.45) is 7.58. The second-order valence-electron chi connectivity index (χ2n) is 36.8. The molecule has 0 radical (unpaired) electrons. The number of nitrogens with zero attached hydrogens (tertiary/aromatic N) is 23. The zero-order valence-corrected chi connectivity index (χ0v) is 85.9. The van der Waals surface area contributed by atoms with Gasteiger partial charge < -0.3 is 92.4 Å². The summed E-state index contributed by atoms with van der Waals surface area (Å²) in [5, 5.41) is 16.9. The number of aromatic nitrogens is 6. The summed E-state index contributed by atoms with van der Waals surface area (Å²) >= 11 is 13.4. The normalized spacial score (nSPS) is 19.8. The number of alkyl halides is 3. The summed E-state index contributed by atoms with van der Waals surface area (Å²) < 4.78 is 73.8. The number of benzene rings is 6. The van der Waals surface area contributed by atoms with Crippen molar-refractivity contribution < 1.29 is 46.2 Å². The van der Waals surface area contributed by atoms with Gasteiger partial charge in [0.25, 0.3) is 11.8 Å². The van der Waals surface area contributed by atoms with Gasteiger partial charge in [-0.3, -0.25) is 14.4 Å². The number of likely N-dealkylation sites (tertiary alicyclic amines) is 3. The third-order valence-electron chi connectivity index (χ3n) is 27.9. The molecular formula is C103H127Cl2F4N23O6S4. The van der Waals surface area contributed by atoms with E-state index in [9.17, 15) is 31.9 Å². The van der Waals surface area contributed by atoms with E-state index in [-0.39, 0.29) is 131 Å². The van der Waals surface area contributed by atoms with E-state index in [4.69, 9.17) is 92.3 Å². The number of anilines is 6. The Morgan fingerprint density at radius 3 is 1.19 bits per heavy atom. The number of piperazine rings is 3. The molecule has 0 spiro atoms.